The van der Waals surface area contributed by atoms with Crippen molar-refractivity contribution in [2.45, 2.75) is 33.9 Å². The molecular formula is C14H22N6. The Hall–Kier alpha value is -1.95. The van der Waals surface area contributed by atoms with Crippen molar-refractivity contribution in [3.8, 4) is 0 Å². The zero-order chi connectivity index (χ0) is 14.8. The van der Waals surface area contributed by atoms with Crippen LogP contribution in [0.1, 0.15) is 32.0 Å². The summed E-state index contributed by atoms with van der Waals surface area (Å²) in [5.41, 5.74) is 2.53. The highest BCUT2D eigenvalue weighted by Crippen LogP contribution is 2.17. The first-order valence-corrected chi connectivity index (χ1v) is 6.71. The molecule has 0 aromatic carbocycles. The van der Waals surface area contributed by atoms with Crippen LogP contribution in [-0.2, 0) is 13.1 Å². The lowest BCUT2D eigenvalue weighted by Gasteiger charge is -2.18. The maximum Gasteiger partial charge on any atom is 0.228 e. The Morgan fingerprint density at radius 1 is 1.40 bits per heavy atom. The molecule has 2 rings (SSSR count). The number of rotatable bonds is 4. The van der Waals surface area contributed by atoms with Crippen LogP contribution in [0.4, 0.5) is 5.95 Å². The van der Waals surface area contributed by atoms with Gasteiger partial charge in [0.25, 0.3) is 0 Å². The summed E-state index contributed by atoms with van der Waals surface area (Å²) in [6.07, 6.45) is 3.61. The lowest BCUT2D eigenvalue weighted by molar-refractivity contribution is 0.590. The fourth-order valence-corrected chi connectivity index (χ4v) is 1.77. The molecule has 0 saturated heterocycles. The number of aromatic nitrogens is 2. The summed E-state index contributed by atoms with van der Waals surface area (Å²) >= 11 is 0. The van der Waals surface area contributed by atoms with Crippen LogP contribution < -0.4 is 16.0 Å². The van der Waals surface area contributed by atoms with Crippen molar-refractivity contribution in [3.63, 3.8) is 0 Å². The summed E-state index contributed by atoms with van der Waals surface area (Å²) in [7, 11) is 1.81. The molecule has 0 fully saturated rings. The molecule has 1 aromatic heterocycles. The lowest BCUT2D eigenvalue weighted by atomic mass is 9.90. The van der Waals surface area contributed by atoms with Crippen LogP contribution in [0.15, 0.2) is 18.1 Å². The first-order chi connectivity index (χ1) is 9.40. The van der Waals surface area contributed by atoms with Gasteiger partial charge in [0.05, 0.1) is 5.69 Å². The van der Waals surface area contributed by atoms with E-state index in [4.69, 9.17) is 5.41 Å². The van der Waals surface area contributed by atoms with E-state index in [-0.39, 0.29) is 5.41 Å². The van der Waals surface area contributed by atoms with Gasteiger partial charge in [-0.05, 0) is 6.08 Å². The molecule has 0 aliphatic carbocycles. The first kappa shape index (κ1) is 14.5. The van der Waals surface area contributed by atoms with Gasteiger partial charge in [0, 0.05) is 43.0 Å². The number of anilines is 1. The first-order valence-electron chi connectivity index (χ1n) is 6.71. The third-order valence-electron chi connectivity index (χ3n) is 3.17. The second-order valence-corrected chi connectivity index (χ2v) is 5.87. The number of nitrogens with one attached hydrogen (secondary N) is 4. The van der Waals surface area contributed by atoms with Crippen molar-refractivity contribution >= 4 is 11.7 Å². The quantitative estimate of drug-likeness (QED) is 0.627. The van der Waals surface area contributed by atoms with Crippen molar-refractivity contribution in [3.05, 3.63) is 29.4 Å². The third kappa shape index (κ3) is 3.33. The average molecular weight is 274 g/mol. The Bertz CT molecular complexity index is 541. The van der Waals surface area contributed by atoms with Crippen molar-refractivity contribution in [1.29, 1.82) is 5.41 Å². The molecule has 0 bridgehead atoms. The molecule has 0 spiro atoms. The van der Waals surface area contributed by atoms with Crippen molar-refractivity contribution in [2.75, 3.05) is 12.4 Å². The van der Waals surface area contributed by atoms with Crippen molar-refractivity contribution in [1.82, 2.24) is 20.6 Å². The largest absolute Gasteiger partial charge is 0.375 e. The minimum Gasteiger partial charge on any atom is -0.375 e. The maximum absolute atomic E-state index is 8.06. The van der Waals surface area contributed by atoms with Gasteiger partial charge in [0.2, 0.25) is 5.95 Å². The van der Waals surface area contributed by atoms with Crippen LogP contribution >= 0.6 is 0 Å². The molecule has 1 aliphatic heterocycles. The van der Waals surface area contributed by atoms with Crippen LogP contribution in [0.3, 0.4) is 0 Å². The molecule has 0 amide bonds. The Balaban J connectivity index is 2.14. The molecule has 108 valence electrons. The van der Waals surface area contributed by atoms with Gasteiger partial charge >= 0.3 is 0 Å². The topological polar surface area (TPSA) is 85.7 Å². The van der Waals surface area contributed by atoms with Crippen LogP contribution in [-0.4, -0.2) is 22.7 Å². The average Bonchev–Trinajstić information content (AvgIpc) is 2.84. The minimum absolute atomic E-state index is 0.188. The Morgan fingerprint density at radius 3 is 2.80 bits per heavy atom. The maximum atomic E-state index is 8.06. The lowest BCUT2D eigenvalue weighted by Crippen LogP contribution is -2.23. The highest BCUT2D eigenvalue weighted by molar-refractivity contribution is 5.97. The standard InChI is InChI=1S/C14H22N6/c1-14(2,3)11(15)5-12(16-4)20-13-18-7-9-6-17-8-10(9)19-13/h5,7,15-17H,6,8H2,1-4H3,(H,18,19,20)/b12-5+,15-11?. The van der Waals surface area contributed by atoms with E-state index in [1.807, 2.05) is 34.0 Å². The molecule has 0 atom stereocenters. The van der Waals surface area contributed by atoms with E-state index in [2.05, 4.69) is 25.9 Å². The summed E-state index contributed by atoms with van der Waals surface area (Å²) < 4.78 is 0. The molecule has 20 heavy (non-hydrogen) atoms. The van der Waals surface area contributed by atoms with Gasteiger partial charge in [0.1, 0.15) is 5.82 Å². The second-order valence-electron chi connectivity index (χ2n) is 5.87. The predicted octanol–water partition coefficient (Wildman–Crippen LogP) is 1.62. The molecule has 0 saturated carbocycles. The number of hydrogen-bond donors (Lipinski definition) is 4. The van der Waals surface area contributed by atoms with Gasteiger partial charge in [-0.3, -0.25) is 0 Å². The summed E-state index contributed by atoms with van der Waals surface area (Å²) in [5, 5.41) is 17.5. The Labute approximate surface area is 119 Å². The molecule has 1 aliphatic rings. The predicted molar refractivity (Wildman–Crippen MR) is 80.5 cm³/mol. The van der Waals surface area contributed by atoms with E-state index in [0.29, 0.717) is 11.7 Å². The number of nitrogens with zero attached hydrogens (tertiary/aromatic N) is 2. The van der Waals surface area contributed by atoms with E-state index < -0.39 is 0 Å². The second kappa shape index (κ2) is 5.58. The minimum atomic E-state index is -0.188. The SMILES string of the molecule is CN/C(=C\C(=N)C(C)(C)C)Nc1ncc2c(n1)CNC2. The summed E-state index contributed by atoms with van der Waals surface area (Å²) in [4.78, 5) is 8.77. The number of fused-ring (bicyclic) bond motifs is 1. The Kier molecular flexibility index (Phi) is 4.04. The summed E-state index contributed by atoms with van der Waals surface area (Å²) in [5.74, 6) is 1.27. The number of allylic oxidation sites excluding steroid dienone is 1. The summed E-state index contributed by atoms with van der Waals surface area (Å²) in [6, 6.07) is 0. The van der Waals surface area contributed by atoms with E-state index in [9.17, 15) is 0 Å². The molecular weight excluding hydrogens is 252 g/mol. The fourth-order valence-electron chi connectivity index (χ4n) is 1.77. The van der Waals surface area contributed by atoms with Gasteiger partial charge in [-0.1, -0.05) is 20.8 Å². The smallest absolute Gasteiger partial charge is 0.228 e. The van der Waals surface area contributed by atoms with E-state index in [0.717, 1.165) is 30.2 Å². The highest BCUT2D eigenvalue weighted by Gasteiger charge is 2.16. The van der Waals surface area contributed by atoms with E-state index >= 15 is 0 Å². The molecule has 6 heteroatoms. The molecule has 1 aromatic rings. The molecule has 0 radical (unpaired) electrons. The van der Waals surface area contributed by atoms with Gasteiger partial charge < -0.3 is 21.4 Å². The normalized spacial score (nSPS) is 14.9. The van der Waals surface area contributed by atoms with Gasteiger partial charge in [0.15, 0.2) is 0 Å². The zero-order valence-electron chi connectivity index (χ0n) is 12.5. The molecule has 2 heterocycles. The highest BCUT2D eigenvalue weighted by atomic mass is 15.2. The van der Waals surface area contributed by atoms with Crippen LogP contribution in [0.25, 0.3) is 0 Å². The monoisotopic (exact) mass is 274 g/mol. The van der Waals surface area contributed by atoms with E-state index in [1.165, 1.54) is 0 Å². The van der Waals surface area contributed by atoms with Crippen LogP contribution in [0.2, 0.25) is 0 Å². The molecule has 0 unspecified atom stereocenters. The van der Waals surface area contributed by atoms with Gasteiger partial charge in [-0.15, -0.1) is 0 Å². The summed E-state index contributed by atoms with van der Waals surface area (Å²) in [6.45, 7) is 7.64. The van der Waals surface area contributed by atoms with Crippen molar-refractivity contribution < 1.29 is 0 Å². The van der Waals surface area contributed by atoms with Gasteiger partial charge in [-0.25, -0.2) is 9.97 Å². The molecule has 4 N–H and O–H groups in total. The van der Waals surface area contributed by atoms with E-state index in [1.54, 1.807) is 6.08 Å². The molecule has 6 nitrogen and oxygen atoms in total. The Morgan fingerprint density at radius 2 is 2.15 bits per heavy atom. The van der Waals surface area contributed by atoms with Crippen LogP contribution in [0.5, 0.6) is 0 Å². The zero-order valence-corrected chi connectivity index (χ0v) is 12.5. The third-order valence-corrected chi connectivity index (χ3v) is 3.17. The number of hydrogen-bond acceptors (Lipinski definition) is 6. The van der Waals surface area contributed by atoms with Crippen LogP contribution in [0, 0.1) is 10.8 Å². The van der Waals surface area contributed by atoms with Crippen molar-refractivity contribution in [2.24, 2.45) is 5.41 Å². The fraction of sp³-hybridized carbons (Fsp3) is 0.500. The van der Waals surface area contributed by atoms with Gasteiger partial charge in [-0.2, -0.15) is 0 Å².